The van der Waals surface area contributed by atoms with Crippen LogP contribution in [0.1, 0.15) is 12.5 Å². The van der Waals surface area contributed by atoms with Gasteiger partial charge in [-0.25, -0.2) is 8.42 Å². The van der Waals surface area contributed by atoms with Crippen molar-refractivity contribution in [3.8, 4) is 0 Å². The van der Waals surface area contributed by atoms with Gasteiger partial charge < -0.3 is 10.6 Å². The van der Waals surface area contributed by atoms with Gasteiger partial charge >= 0.3 is 0 Å². The first-order valence-electron chi connectivity index (χ1n) is 9.82. The molecule has 0 saturated carbocycles. The molecule has 0 aromatic heterocycles. The summed E-state index contributed by atoms with van der Waals surface area (Å²) in [5.74, 6) is -0.749. The number of halogens is 2. The monoisotopic (exact) mass is 505 g/mol. The summed E-state index contributed by atoms with van der Waals surface area (Å²) < 4.78 is 27.7. The maximum atomic E-state index is 13.3. The van der Waals surface area contributed by atoms with Gasteiger partial charge in [0.25, 0.3) is 0 Å². The van der Waals surface area contributed by atoms with E-state index in [4.69, 9.17) is 23.2 Å². The fourth-order valence-corrected chi connectivity index (χ4v) is 4.69. The van der Waals surface area contributed by atoms with Gasteiger partial charge in [0.15, 0.2) is 0 Å². The Bertz CT molecular complexity index is 1250. The zero-order valence-electron chi connectivity index (χ0n) is 17.6. The van der Waals surface area contributed by atoms with E-state index in [1.807, 2.05) is 0 Å². The fraction of sp³-hybridized carbons (Fsp3) is 0.130. The number of benzene rings is 3. The number of hydrogen-bond acceptors (Lipinski definition) is 4. The van der Waals surface area contributed by atoms with Crippen molar-refractivity contribution in [2.45, 2.75) is 18.4 Å². The Morgan fingerprint density at radius 2 is 1.42 bits per heavy atom. The van der Waals surface area contributed by atoms with Crippen molar-refractivity contribution in [1.29, 1.82) is 0 Å². The van der Waals surface area contributed by atoms with E-state index in [2.05, 4.69) is 10.6 Å². The van der Waals surface area contributed by atoms with E-state index in [9.17, 15) is 18.0 Å². The maximum absolute atomic E-state index is 13.3. The first-order valence-corrected chi connectivity index (χ1v) is 12.0. The second-order valence-electron chi connectivity index (χ2n) is 7.13. The van der Waals surface area contributed by atoms with Gasteiger partial charge in [0.2, 0.25) is 21.8 Å². The van der Waals surface area contributed by atoms with Crippen LogP contribution in [0.5, 0.6) is 0 Å². The minimum absolute atomic E-state index is 0.00594. The number of carbonyl (C=O) groups excluding carboxylic acids is 2. The average Bonchev–Trinajstić information content (AvgIpc) is 2.76. The number of anilines is 2. The van der Waals surface area contributed by atoms with Crippen LogP contribution in [0.2, 0.25) is 10.0 Å². The van der Waals surface area contributed by atoms with Crippen LogP contribution in [0.25, 0.3) is 0 Å². The molecule has 0 fully saturated rings. The highest BCUT2D eigenvalue weighted by Crippen LogP contribution is 2.24. The summed E-state index contributed by atoms with van der Waals surface area (Å²) in [5, 5.41) is 6.09. The predicted molar refractivity (Wildman–Crippen MR) is 130 cm³/mol. The molecule has 0 radical (unpaired) electrons. The second-order valence-corrected chi connectivity index (χ2v) is 9.91. The molecule has 7 nitrogen and oxygen atoms in total. The van der Waals surface area contributed by atoms with Crippen LogP contribution in [0.4, 0.5) is 11.4 Å². The minimum atomic E-state index is -4.03. The standard InChI is InChI=1S/C23H21Cl2N3O4S/c1-16(29)26-19-8-10-20(11-9-19)27-23(30)15-28(14-17-4-2-3-5-22(17)25)33(31,32)21-12-6-18(24)7-13-21/h2-13H,14-15H2,1H3,(H,26,29)(H,27,30). The topological polar surface area (TPSA) is 95.6 Å². The third kappa shape index (κ3) is 6.79. The Balaban J connectivity index is 1.83. The van der Waals surface area contributed by atoms with Gasteiger partial charge in [0.05, 0.1) is 11.4 Å². The number of nitrogens with zero attached hydrogens (tertiary/aromatic N) is 1. The molecule has 10 heteroatoms. The molecule has 0 aliphatic carbocycles. The van der Waals surface area contributed by atoms with Crippen molar-refractivity contribution < 1.29 is 18.0 Å². The normalized spacial score (nSPS) is 11.3. The van der Waals surface area contributed by atoms with Gasteiger partial charge in [-0.3, -0.25) is 9.59 Å². The van der Waals surface area contributed by atoms with Crippen molar-refractivity contribution >= 4 is 56.4 Å². The van der Waals surface area contributed by atoms with E-state index in [0.29, 0.717) is 27.0 Å². The van der Waals surface area contributed by atoms with Crippen molar-refractivity contribution in [1.82, 2.24) is 4.31 Å². The largest absolute Gasteiger partial charge is 0.326 e. The van der Waals surface area contributed by atoms with Crippen LogP contribution in [-0.2, 0) is 26.2 Å². The summed E-state index contributed by atoms with van der Waals surface area (Å²) in [5.41, 5.74) is 1.59. The third-order valence-electron chi connectivity index (χ3n) is 4.56. The minimum Gasteiger partial charge on any atom is -0.326 e. The Morgan fingerprint density at radius 1 is 0.848 bits per heavy atom. The lowest BCUT2D eigenvalue weighted by atomic mass is 10.2. The lowest BCUT2D eigenvalue weighted by Gasteiger charge is -2.22. The molecule has 33 heavy (non-hydrogen) atoms. The van der Waals surface area contributed by atoms with E-state index < -0.39 is 22.5 Å². The van der Waals surface area contributed by atoms with Crippen molar-refractivity contribution in [2.24, 2.45) is 0 Å². The summed E-state index contributed by atoms with van der Waals surface area (Å²) in [7, 11) is -4.03. The second kappa shape index (κ2) is 10.8. The van der Waals surface area contributed by atoms with E-state index in [-0.39, 0.29) is 17.3 Å². The molecule has 0 saturated heterocycles. The Labute approximate surface area is 202 Å². The fourth-order valence-electron chi connectivity index (χ4n) is 3.00. The number of hydrogen-bond donors (Lipinski definition) is 2. The zero-order chi connectivity index (χ0) is 24.0. The highest BCUT2D eigenvalue weighted by atomic mass is 35.5. The third-order valence-corrected chi connectivity index (χ3v) is 6.99. The molecule has 0 aliphatic heterocycles. The molecule has 2 N–H and O–H groups in total. The lowest BCUT2D eigenvalue weighted by molar-refractivity contribution is -0.116. The van der Waals surface area contributed by atoms with Crippen LogP contribution < -0.4 is 10.6 Å². The summed E-state index contributed by atoms with van der Waals surface area (Å²) in [4.78, 5) is 23.9. The molecular weight excluding hydrogens is 485 g/mol. The predicted octanol–water partition coefficient (Wildman–Crippen LogP) is 4.78. The van der Waals surface area contributed by atoms with Gasteiger partial charge in [0, 0.05) is 34.9 Å². The van der Waals surface area contributed by atoms with Crippen LogP contribution in [0.15, 0.2) is 77.7 Å². The Hall–Kier alpha value is -2.91. The molecule has 0 bridgehead atoms. The molecule has 3 rings (SSSR count). The highest BCUT2D eigenvalue weighted by Gasteiger charge is 2.27. The maximum Gasteiger partial charge on any atom is 0.243 e. The average molecular weight is 506 g/mol. The molecule has 3 aromatic rings. The molecular formula is C23H21Cl2N3O4S. The van der Waals surface area contributed by atoms with Crippen LogP contribution in [0.3, 0.4) is 0 Å². The molecule has 0 aliphatic rings. The van der Waals surface area contributed by atoms with Crippen molar-refractivity contribution in [2.75, 3.05) is 17.2 Å². The quantitative estimate of drug-likeness (QED) is 0.460. The molecule has 0 unspecified atom stereocenters. The summed E-state index contributed by atoms with van der Waals surface area (Å²) >= 11 is 12.1. The van der Waals surface area contributed by atoms with Gasteiger partial charge in [-0.05, 0) is 60.2 Å². The molecule has 0 atom stereocenters. The molecule has 172 valence electrons. The van der Waals surface area contributed by atoms with E-state index in [1.165, 1.54) is 31.2 Å². The first kappa shape index (κ1) is 24.7. The number of carbonyl (C=O) groups is 2. The molecule has 0 spiro atoms. The first-order chi connectivity index (χ1) is 15.6. The van der Waals surface area contributed by atoms with Crippen molar-refractivity contribution in [3.63, 3.8) is 0 Å². The SMILES string of the molecule is CC(=O)Nc1ccc(NC(=O)CN(Cc2ccccc2Cl)S(=O)(=O)c2ccc(Cl)cc2)cc1. The molecule has 3 aromatic carbocycles. The van der Waals surface area contributed by atoms with Crippen molar-refractivity contribution in [3.05, 3.63) is 88.4 Å². The number of nitrogens with one attached hydrogen (secondary N) is 2. The van der Waals surface area contributed by atoms with Gasteiger partial charge in [-0.1, -0.05) is 41.4 Å². The lowest BCUT2D eigenvalue weighted by Crippen LogP contribution is -2.37. The van der Waals surface area contributed by atoms with Crippen LogP contribution in [-0.4, -0.2) is 31.1 Å². The van der Waals surface area contributed by atoms with Gasteiger partial charge in [-0.15, -0.1) is 0 Å². The number of amides is 2. The van der Waals surface area contributed by atoms with E-state index in [1.54, 1.807) is 48.5 Å². The van der Waals surface area contributed by atoms with Crippen LogP contribution >= 0.6 is 23.2 Å². The molecule has 0 heterocycles. The van der Waals surface area contributed by atoms with E-state index >= 15 is 0 Å². The summed E-state index contributed by atoms with van der Waals surface area (Å²) in [6.45, 7) is 0.855. The smallest absolute Gasteiger partial charge is 0.243 e. The summed E-state index contributed by atoms with van der Waals surface area (Å²) in [6, 6.07) is 19.0. The Kier molecular flexibility index (Phi) is 8.10. The Morgan fingerprint density at radius 3 is 2.00 bits per heavy atom. The number of sulfonamides is 1. The highest BCUT2D eigenvalue weighted by molar-refractivity contribution is 7.89. The summed E-state index contributed by atoms with van der Waals surface area (Å²) in [6.07, 6.45) is 0. The van der Waals surface area contributed by atoms with E-state index in [0.717, 1.165) is 4.31 Å². The number of rotatable bonds is 8. The molecule has 2 amide bonds. The van der Waals surface area contributed by atoms with Gasteiger partial charge in [-0.2, -0.15) is 4.31 Å². The zero-order valence-corrected chi connectivity index (χ0v) is 19.9. The van der Waals surface area contributed by atoms with Crippen LogP contribution in [0, 0.1) is 0 Å². The van der Waals surface area contributed by atoms with Gasteiger partial charge in [0.1, 0.15) is 0 Å².